The number of guanidine groups is 1. The lowest BCUT2D eigenvalue weighted by Gasteiger charge is -2.18. The maximum Gasteiger partial charge on any atom is 0.190 e. The summed E-state index contributed by atoms with van der Waals surface area (Å²) in [5.74, 6) is 0.451. The second-order valence-electron chi connectivity index (χ2n) is 2.49. The number of aliphatic imine (C=N–C) groups is 1. The van der Waals surface area contributed by atoms with Crippen molar-refractivity contribution in [3.8, 4) is 6.07 Å². The van der Waals surface area contributed by atoms with Crippen LogP contribution in [0.4, 0.5) is 0 Å². The first kappa shape index (κ1) is 9.76. The van der Waals surface area contributed by atoms with Crippen molar-refractivity contribution in [1.82, 2.24) is 4.90 Å². The van der Waals surface area contributed by atoms with Gasteiger partial charge in [0, 0.05) is 20.6 Å². The average molecular weight is 154 g/mol. The topological polar surface area (TPSA) is 65.4 Å². The molecule has 0 fully saturated rings. The standard InChI is InChI=1S/C7H14N4/c1-6(4-8)5-11(3)7(9)10-2/h6H,5H2,1-3H3,(H2,9,10). The van der Waals surface area contributed by atoms with E-state index in [1.807, 2.05) is 14.0 Å². The van der Waals surface area contributed by atoms with E-state index in [2.05, 4.69) is 11.1 Å². The van der Waals surface area contributed by atoms with Gasteiger partial charge in [0.25, 0.3) is 0 Å². The van der Waals surface area contributed by atoms with E-state index in [0.29, 0.717) is 12.5 Å². The molecule has 0 saturated heterocycles. The summed E-state index contributed by atoms with van der Waals surface area (Å²) in [6.07, 6.45) is 0. The lowest BCUT2D eigenvalue weighted by molar-refractivity contribution is 0.449. The van der Waals surface area contributed by atoms with Gasteiger partial charge in [0.15, 0.2) is 5.96 Å². The summed E-state index contributed by atoms with van der Waals surface area (Å²) < 4.78 is 0. The van der Waals surface area contributed by atoms with Crippen LogP contribution in [0, 0.1) is 17.2 Å². The van der Waals surface area contributed by atoms with Crippen LogP contribution in [0.3, 0.4) is 0 Å². The molecule has 62 valence electrons. The maximum atomic E-state index is 8.48. The minimum absolute atomic E-state index is 0.0136. The van der Waals surface area contributed by atoms with E-state index in [1.165, 1.54) is 0 Å². The van der Waals surface area contributed by atoms with Gasteiger partial charge >= 0.3 is 0 Å². The molecular weight excluding hydrogens is 140 g/mol. The maximum absolute atomic E-state index is 8.48. The Morgan fingerprint density at radius 1 is 1.82 bits per heavy atom. The third kappa shape index (κ3) is 3.46. The van der Waals surface area contributed by atoms with E-state index in [1.54, 1.807) is 11.9 Å². The fourth-order valence-corrected chi connectivity index (χ4v) is 0.716. The molecule has 0 amide bonds. The van der Waals surface area contributed by atoms with E-state index in [-0.39, 0.29) is 5.92 Å². The van der Waals surface area contributed by atoms with Gasteiger partial charge in [-0.25, -0.2) is 0 Å². The van der Waals surface area contributed by atoms with Crippen molar-refractivity contribution in [3.05, 3.63) is 0 Å². The summed E-state index contributed by atoms with van der Waals surface area (Å²) in [5.41, 5.74) is 5.49. The fraction of sp³-hybridized carbons (Fsp3) is 0.714. The molecule has 4 heteroatoms. The molecular formula is C7H14N4. The van der Waals surface area contributed by atoms with Gasteiger partial charge in [0.2, 0.25) is 0 Å². The first-order valence-corrected chi connectivity index (χ1v) is 3.44. The Kier molecular flexibility index (Phi) is 4.04. The van der Waals surface area contributed by atoms with Crippen LogP contribution in [-0.4, -0.2) is 31.5 Å². The summed E-state index contributed by atoms with van der Waals surface area (Å²) in [6.45, 7) is 2.47. The molecule has 0 radical (unpaired) electrons. The molecule has 0 aromatic heterocycles. The highest BCUT2D eigenvalue weighted by Gasteiger charge is 2.05. The Balaban J connectivity index is 3.89. The predicted octanol–water partition coefficient (Wildman–Crippen LogP) is 0.0224. The molecule has 0 heterocycles. The molecule has 0 bridgehead atoms. The molecule has 0 aromatic rings. The second-order valence-corrected chi connectivity index (χ2v) is 2.49. The summed E-state index contributed by atoms with van der Waals surface area (Å²) >= 11 is 0. The number of nitrogens with zero attached hydrogens (tertiary/aromatic N) is 3. The van der Waals surface area contributed by atoms with Gasteiger partial charge in [0.05, 0.1) is 12.0 Å². The van der Waals surface area contributed by atoms with Crippen molar-refractivity contribution in [3.63, 3.8) is 0 Å². The van der Waals surface area contributed by atoms with Gasteiger partial charge in [-0.05, 0) is 6.92 Å². The minimum atomic E-state index is -0.0136. The van der Waals surface area contributed by atoms with Crippen molar-refractivity contribution >= 4 is 5.96 Å². The quantitative estimate of drug-likeness (QED) is 0.450. The van der Waals surface area contributed by atoms with Crippen molar-refractivity contribution in [2.24, 2.45) is 16.6 Å². The minimum Gasteiger partial charge on any atom is -0.370 e. The molecule has 1 atom stereocenters. The average Bonchev–Trinajstić information content (AvgIpc) is 2.02. The highest BCUT2D eigenvalue weighted by molar-refractivity contribution is 5.77. The van der Waals surface area contributed by atoms with Crippen molar-refractivity contribution in [1.29, 1.82) is 5.26 Å². The van der Waals surface area contributed by atoms with Gasteiger partial charge in [-0.3, -0.25) is 4.99 Å². The van der Waals surface area contributed by atoms with Gasteiger partial charge in [-0.2, -0.15) is 5.26 Å². The molecule has 0 aliphatic heterocycles. The van der Waals surface area contributed by atoms with Crippen LogP contribution in [0.25, 0.3) is 0 Å². The van der Waals surface area contributed by atoms with Crippen molar-refractivity contribution in [2.75, 3.05) is 20.6 Å². The Hall–Kier alpha value is -1.24. The van der Waals surface area contributed by atoms with E-state index in [9.17, 15) is 0 Å². The first-order valence-electron chi connectivity index (χ1n) is 3.44. The zero-order valence-electron chi connectivity index (χ0n) is 7.20. The first-order chi connectivity index (χ1) is 5.11. The molecule has 0 aromatic carbocycles. The van der Waals surface area contributed by atoms with Gasteiger partial charge in [-0.15, -0.1) is 0 Å². The van der Waals surface area contributed by atoms with Crippen LogP contribution < -0.4 is 5.73 Å². The van der Waals surface area contributed by atoms with E-state index < -0.39 is 0 Å². The molecule has 2 N–H and O–H groups in total. The molecule has 0 aliphatic carbocycles. The number of rotatable bonds is 2. The van der Waals surface area contributed by atoms with E-state index in [4.69, 9.17) is 11.0 Å². The van der Waals surface area contributed by atoms with Crippen LogP contribution in [0.5, 0.6) is 0 Å². The highest BCUT2D eigenvalue weighted by atomic mass is 15.2. The lowest BCUT2D eigenvalue weighted by atomic mass is 10.2. The SMILES string of the molecule is CN=C(N)N(C)CC(C)C#N. The summed E-state index contributed by atoms with van der Waals surface area (Å²) in [5, 5.41) is 8.48. The number of hydrogen-bond donors (Lipinski definition) is 1. The third-order valence-electron chi connectivity index (χ3n) is 1.39. The molecule has 0 rings (SSSR count). The number of nitrogens with two attached hydrogens (primary N) is 1. The molecule has 11 heavy (non-hydrogen) atoms. The monoisotopic (exact) mass is 154 g/mol. The normalized spacial score (nSPS) is 13.8. The van der Waals surface area contributed by atoms with Crippen LogP contribution in [0.15, 0.2) is 4.99 Å². The Bertz CT molecular complexity index is 179. The Morgan fingerprint density at radius 3 is 2.73 bits per heavy atom. The number of nitriles is 1. The Morgan fingerprint density at radius 2 is 2.36 bits per heavy atom. The van der Waals surface area contributed by atoms with Gasteiger partial charge < -0.3 is 10.6 Å². The highest BCUT2D eigenvalue weighted by Crippen LogP contribution is 1.94. The zero-order chi connectivity index (χ0) is 8.85. The molecule has 0 saturated carbocycles. The fourth-order valence-electron chi connectivity index (χ4n) is 0.716. The molecule has 0 aliphatic rings. The largest absolute Gasteiger partial charge is 0.370 e. The number of hydrogen-bond acceptors (Lipinski definition) is 2. The third-order valence-corrected chi connectivity index (χ3v) is 1.39. The van der Waals surface area contributed by atoms with Gasteiger partial charge in [0.1, 0.15) is 0 Å². The van der Waals surface area contributed by atoms with Crippen LogP contribution in [-0.2, 0) is 0 Å². The van der Waals surface area contributed by atoms with Crippen LogP contribution >= 0.6 is 0 Å². The van der Waals surface area contributed by atoms with Crippen LogP contribution in [0.2, 0.25) is 0 Å². The molecule has 4 nitrogen and oxygen atoms in total. The van der Waals surface area contributed by atoms with Gasteiger partial charge in [-0.1, -0.05) is 0 Å². The second kappa shape index (κ2) is 4.56. The van der Waals surface area contributed by atoms with Crippen molar-refractivity contribution in [2.45, 2.75) is 6.92 Å². The van der Waals surface area contributed by atoms with E-state index in [0.717, 1.165) is 0 Å². The Labute approximate surface area is 67.3 Å². The lowest BCUT2D eigenvalue weighted by Crippen LogP contribution is -2.36. The summed E-state index contributed by atoms with van der Waals surface area (Å²) in [4.78, 5) is 5.54. The van der Waals surface area contributed by atoms with Crippen molar-refractivity contribution < 1.29 is 0 Å². The smallest absolute Gasteiger partial charge is 0.190 e. The molecule has 1 unspecified atom stereocenters. The van der Waals surface area contributed by atoms with E-state index >= 15 is 0 Å². The summed E-state index contributed by atoms with van der Waals surface area (Å²) in [7, 11) is 3.44. The predicted molar refractivity (Wildman–Crippen MR) is 45.0 cm³/mol. The van der Waals surface area contributed by atoms with Crippen LogP contribution in [0.1, 0.15) is 6.92 Å². The molecule has 0 spiro atoms. The zero-order valence-corrected chi connectivity index (χ0v) is 7.20. The summed E-state index contributed by atoms with van der Waals surface area (Å²) in [6, 6.07) is 2.12.